The molecule has 3 aromatic rings. The first-order valence-electron chi connectivity index (χ1n) is 8.09. The van der Waals surface area contributed by atoms with Crippen LogP contribution in [0.4, 0.5) is 5.69 Å². The maximum Gasteiger partial charge on any atom is 0.165 e. The van der Waals surface area contributed by atoms with Crippen LogP contribution in [-0.2, 0) is 4.74 Å². The van der Waals surface area contributed by atoms with Crippen molar-refractivity contribution in [3.05, 3.63) is 54.6 Å². The van der Waals surface area contributed by atoms with Gasteiger partial charge in [0.1, 0.15) is 5.82 Å². The molecule has 1 fully saturated rings. The summed E-state index contributed by atoms with van der Waals surface area (Å²) in [4.78, 5) is 11.1. The lowest BCUT2D eigenvalue weighted by Gasteiger charge is -2.30. The highest BCUT2D eigenvalue weighted by atomic mass is 16.5. The number of para-hydroxylation sites is 1. The van der Waals surface area contributed by atoms with Gasteiger partial charge in [-0.15, -0.1) is 0 Å². The Kier molecular flexibility index (Phi) is 3.96. The van der Waals surface area contributed by atoms with Gasteiger partial charge in [-0.05, 0) is 31.2 Å². The van der Waals surface area contributed by atoms with E-state index >= 15 is 0 Å². The zero-order valence-electron chi connectivity index (χ0n) is 13.6. The van der Waals surface area contributed by atoms with Gasteiger partial charge in [0, 0.05) is 36.7 Å². The number of benzene rings is 1. The normalized spacial score (nSPS) is 14.8. The van der Waals surface area contributed by atoms with Crippen molar-refractivity contribution < 1.29 is 4.74 Å². The zero-order chi connectivity index (χ0) is 16.4. The first-order valence-corrected chi connectivity index (χ1v) is 8.09. The standard InChI is InChI=1S/C18H19N5O/c1-14-20-18(23(21-14)15-6-8-19-9-7-15)16-4-2-3-5-17(16)22-10-12-24-13-11-22/h2-9H,10-13H2,1H3. The van der Waals surface area contributed by atoms with Crippen LogP contribution in [0.1, 0.15) is 5.82 Å². The van der Waals surface area contributed by atoms with Crippen LogP contribution < -0.4 is 4.90 Å². The number of rotatable bonds is 3. The number of anilines is 1. The fourth-order valence-corrected chi connectivity index (χ4v) is 3.00. The van der Waals surface area contributed by atoms with E-state index in [4.69, 9.17) is 4.74 Å². The smallest absolute Gasteiger partial charge is 0.165 e. The van der Waals surface area contributed by atoms with Crippen molar-refractivity contribution in [1.82, 2.24) is 19.7 Å². The molecule has 1 aliphatic heterocycles. The van der Waals surface area contributed by atoms with Crippen LogP contribution in [0.3, 0.4) is 0 Å². The predicted molar refractivity (Wildman–Crippen MR) is 92.4 cm³/mol. The van der Waals surface area contributed by atoms with Gasteiger partial charge in [0.05, 0.1) is 18.9 Å². The van der Waals surface area contributed by atoms with Gasteiger partial charge in [-0.1, -0.05) is 12.1 Å². The van der Waals surface area contributed by atoms with Crippen LogP contribution in [0.15, 0.2) is 48.8 Å². The van der Waals surface area contributed by atoms with Crippen molar-refractivity contribution in [2.75, 3.05) is 31.2 Å². The number of pyridine rings is 1. The average molecular weight is 321 g/mol. The quantitative estimate of drug-likeness (QED) is 0.742. The van der Waals surface area contributed by atoms with Crippen LogP contribution in [0.2, 0.25) is 0 Å². The van der Waals surface area contributed by atoms with Gasteiger partial charge >= 0.3 is 0 Å². The number of ether oxygens (including phenoxy) is 1. The Balaban J connectivity index is 1.83. The molecule has 0 amide bonds. The summed E-state index contributed by atoms with van der Waals surface area (Å²) in [5.41, 5.74) is 3.21. The van der Waals surface area contributed by atoms with E-state index in [2.05, 4.69) is 38.2 Å². The molecule has 0 atom stereocenters. The maximum absolute atomic E-state index is 5.48. The molecular weight excluding hydrogens is 302 g/mol. The molecule has 0 N–H and O–H groups in total. The Labute approximate surface area is 140 Å². The summed E-state index contributed by atoms with van der Waals surface area (Å²) in [7, 11) is 0. The summed E-state index contributed by atoms with van der Waals surface area (Å²) >= 11 is 0. The number of aryl methyl sites for hydroxylation is 1. The molecule has 1 aliphatic rings. The minimum atomic E-state index is 0.749. The molecule has 0 bridgehead atoms. The van der Waals surface area contributed by atoms with E-state index in [9.17, 15) is 0 Å². The molecule has 24 heavy (non-hydrogen) atoms. The van der Waals surface area contributed by atoms with E-state index in [0.717, 1.165) is 49.2 Å². The van der Waals surface area contributed by atoms with Crippen molar-refractivity contribution in [1.29, 1.82) is 0 Å². The van der Waals surface area contributed by atoms with Crippen LogP contribution >= 0.6 is 0 Å². The highest BCUT2D eigenvalue weighted by Gasteiger charge is 2.19. The molecule has 1 aromatic carbocycles. The Morgan fingerprint density at radius 2 is 1.75 bits per heavy atom. The van der Waals surface area contributed by atoms with Crippen molar-refractivity contribution in [3.63, 3.8) is 0 Å². The topological polar surface area (TPSA) is 56.1 Å². The van der Waals surface area contributed by atoms with Crippen molar-refractivity contribution >= 4 is 5.69 Å². The van der Waals surface area contributed by atoms with Crippen molar-refractivity contribution in [3.8, 4) is 17.1 Å². The Morgan fingerprint density at radius 3 is 2.54 bits per heavy atom. The zero-order valence-corrected chi connectivity index (χ0v) is 13.6. The van der Waals surface area contributed by atoms with E-state index in [1.54, 1.807) is 12.4 Å². The second-order valence-electron chi connectivity index (χ2n) is 5.72. The molecule has 0 aliphatic carbocycles. The number of nitrogens with zero attached hydrogens (tertiary/aromatic N) is 5. The fourth-order valence-electron chi connectivity index (χ4n) is 3.00. The Hall–Kier alpha value is -2.73. The van der Waals surface area contributed by atoms with Crippen LogP contribution in [0, 0.1) is 6.92 Å². The minimum Gasteiger partial charge on any atom is -0.378 e. The summed E-state index contributed by atoms with van der Waals surface area (Å²) in [5, 5.41) is 4.58. The summed E-state index contributed by atoms with van der Waals surface area (Å²) in [5.74, 6) is 1.60. The van der Waals surface area contributed by atoms with Crippen LogP contribution in [0.25, 0.3) is 17.1 Å². The molecule has 1 saturated heterocycles. The van der Waals surface area contributed by atoms with Gasteiger partial charge < -0.3 is 9.64 Å². The van der Waals surface area contributed by atoms with Gasteiger partial charge in [-0.2, -0.15) is 5.10 Å². The third-order valence-electron chi connectivity index (χ3n) is 4.12. The lowest BCUT2D eigenvalue weighted by molar-refractivity contribution is 0.123. The predicted octanol–water partition coefficient (Wildman–Crippen LogP) is 2.47. The number of aromatic nitrogens is 4. The molecule has 122 valence electrons. The van der Waals surface area contributed by atoms with Crippen molar-refractivity contribution in [2.45, 2.75) is 6.92 Å². The Bertz CT molecular complexity index is 824. The summed E-state index contributed by atoms with van der Waals surface area (Å²) < 4.78 is 7.37. The average Bonchev–Trinajstić information content (AvgIpc) is 3.05. The third-order valence-corrected chi connectivity index (χ3v) is 4.12. The molecular formula is C18H19N5O. The molecule has 3 heterocycles. The van der Waals surface area contributed by atoms with Gasteiger partial charge in [0.15, 0.2) is 5.82 Å². The van der Waals surface area contributed by atoms with Crippen LogP contribution in [-0.4, -0.2) is 46.1 Å². The van der Waals surface area contributed by atoms with Gasteiger partial charge in [-0.3, -0.25) is 4.98 Å². The molecule has 4 rings (SSSR count). The molecule has 2 aromatic heterocycles. The number of hydrogen-bond acceptors (Lipinski definition) is 5. The van der Waals surface area contributed by atoms with E-state index in [1.165, 1.54) is 5.69 Å². The second kappa shape index (κ2) is 6.41. The Morgan fingerprint density at radius 1 is 1.00 bits per heavy atom. The first-order chi connectivity index (χ1) is 11.8. The lowest BCUT2D eigenvalue weighted by atomic mass is 10.1. The summed E-state index contributed by atoms with van der Waals surface area (Å²) in [6.45, 7) is 5.20. The summed E-state index contributed by atoms with van der Waals surface area (Å²) in [6.07, 6.45) is 3.54. The van der Waals surface area contributed by atoms with E-state index in [-0.39, 0.29) is 0 Å². The number of morpholine rings is 1. The maximum atomic E-state index is 5.48. The third kappa shape index (κ3) is 2.76. The first kappa shape index (κ1) is 14.8. The molecule has 6 nitrogen and oxygen atoms in total. The number of hydrogen-bond donors (Lipinski definition) is 0. The van der Waals surface area contributed by atoms with Gasteiger partial charge in [0.2, 0.25) is 0 Å². The highest BCUT2D eigenvalue weighted by molar-refractivity contribution is 5.75. The minimum absolute atomic E-state index is 0.749. The molecule has 0 saturated carbocycles. The van der Waals surface area contributed by atoms with Crippen LogP contribution in [0.5, 0.6) is 0 Å². The SMILES string of the molecule is Cc1nc(-c2ccccc2N2CCOCC2)n(-c2ccncc2)n1. The van der Waals surface area contributed by atoms with Gasteiger partial charge in [-0.25, -0.2) is 9.67 Å². The lowest BCUT2D eigenvalue weighted by Crippen LogP contribution is -2.36. The molecule has 6 heteroatoms. The highest BCUT2D eigenvalue weighted by Crippen LogP contribution is 2.31. The molecule has 0 radical (unpaired) electrons. The van der Waals surface area contributed by atoms with E-state index < -0.39 is 0 Å². The monoisotopic (exact) mass is 321 g/mol. The van der Waals surface area contributed by atoms with E-state index in [0.29, 0.717) is 0 Å². The molecule has 0 spiro atoms. The van der Waals surface area contributed by atoms with Crippen molar-refractivity contribution in [2.24, 2.45) is 0 Å². The largest absolute Gasteiger partial charge is 0.378 e. The van der Waals surface area contributed by atoms with Gasteiger partial charge in [0.25, 0.3) is 0 Å². The molecule has 0 unspecified atom stereocenters. The summed E-state index contributed by atoms with van der Waals surface area (Å²) in [6, 6.07) is 12.2. The second-order valence-corrected chi connectivity index (χ2v) is 5.72. The van der Waals surface area contributed by atoms with E-state index in [1.807, 2.05) is 29.8 Å². The fraction of sp³-hybridized carbons (Fsp3) is 0.278.